The van der Waals surface area contributed by atoms with E-state index in [4.69, 9.17) is 0 Å². The van der Waals surface area contributed by atoms with E-state index < -0.39 is 0 Å². The van der Waals surface area contributed by atoms with Gasteiger partial charge in [-0.3, -0.25) is 0 Å². The number of nitrogens with zero attached hydrogens (tertiary/aromatic N) is 2. The van der Waals surface area contributed by atoms with Gasteiger partial charge >= 0.3 is 0 Å². The fourth-order valence-electron chi connectivity index (χ4n) is 1.08. The fourth-order valence-corrected chi connectivity index (χ4v) is 1.08. The van der Waals surface area contributed by atoms with Crippen molar-refractivity contribution in [1.82, 2.24) is 9.97 Å². The highest BCUT2D eigenvalue weighted by molar-refractivity contribution is 5.77. The van der Waals surface area contributed by atoms with Gasteiger partial charge in [0.2, 0.25) is 0 Å². The third kappa shape index (κ3) is 2.25. The fraction of sp³-hybridized carbons (Fsp3) is 0.273. The Morgan fingerprint density at radius 3 is 2.69 bits per heavy atom. The van der Waals surface area contributed by atoms with Crippen molar-refractivity contribution in [3.63, 3.8) is 0 Å². The van der Waals surface area contributed by atoms with Crippen LogP contribution in [0.3, 0.4) is 0 Å². The average Bonchev–Trinajstić information content (AvgIpc) is 2.21. The molecule has 2 aromatic rings. The first-order valence-corrected chi connectivity index (χ1v) is 4.52. The number of rotatable bonds is 0. The second kappa shape index (κ2) is 4.55. The number of aryl methyl sites for hydroxylation is 1. The van der Waals surface area contributed by atoms with E-state index >= 15 is 0 Å². The van der Waals surface area contributed by atoms with Gasteiger partial charge in [0.15, 0.2) is 0 Å². The molecule has 0 saturated carbocycles. The Labute approximate surface area is 78.7 Å². The lowest BCUT2D eigenvalue weighted by atomic mass is 10.2. The Morgan fingerprint density at radius 2 is 1.92 bits per heavy atom. The summed E-state index contributed by atoms with van der Waals surface area (Å²) in [5, 5.41) is 1.10. The van der Waals surface area contributed by atoms with Gasteiger partial charge in [0.1, 0.15) is 6.33 Å². The minimum absolute atomic E-state index is 1.01. The zero-order chi connectivity index (χ0) is 9.68. The van der Waals surface area contributed by atoms with Crippen LogP contribution < -0.4 is 0 Å². The Morgan fingerprint density at radius 1 is 1.15 bits per heavy atom. The molecule has 1 heterocycles. The summed E-state index contributed by atoms with van der Waals surface area (Å²) in [5.41, 5.74) is 2.25. The summed E-state index contributed by atoms with van der Waals surface area (Å²) >= 11 is 0. The lowest BCUT2D eigenvalue weighted by Crippen LogP contribution is -1.80. The molecule has 1 aromatic carbocycles. The first kappa shape index (κ1) is 9.65. The number of hydrogen-bond donors (Lipinski definition) is 0. The molecule has 0 atom stereocenters. The smallest absolute Gasteiger partial charge is 0.116 e. The molecule has 0 amide bonds. The molecule has 68 valence electrons. The van der Waals surface area contributed by atoms with Gasteiger partial charge in [0.05, 0.1) is 5.52 Å². The predicted molar refractivity (Wildman–Crippen MR) is 55.6 cm³/mol. The maximum atomic E-state index is 4.13. The van der Waals surface area contributed by atoms with Crippen LogP contribution in [0.15, 0.2) is 30.7 Å². The molecule has 0 N–H and O–H groups in total. The van der Waals surface area contributed by atoms with Gasteiger partial charge in [-0.15, -0.1) is 0 Å². The van der Waals surface area contributed by atoms with Crippen molar-refractivity contribution in [3.8, 4) is 0 Å². The van der Waals surface area contributed by atoms with Gasteiger partial charge in [-0.05, 0) is 18.6 Å². The van der Waals surface area contributed by atoms with E-state index in [0.717, 1.165) is 10.9 Å². The lowest BCUT2D eigenvalue weighted by molar-refractivity contribution is 1.22. The Hall–Kier alpha value is -1.44. The summed E-state index contributed by atoms with van der Waals surface area (Å²) in [6.45, 7) is 6.06. The monoisotopic (exact) mass is 174 g/mol. The van der Waals surface area contributed by atoms with Gasteiger partial charge in [0.25, 0.3) is 0 Å². The van der Waals surface area contributed by atoms with E-state index in [-0.39, 0.29) is 0 Å². The van der Waals surface area contributed by atoms with Crippen LogP contribution in [0.1, 0.15) is 19.4 Å². The van der Waals surface area contributed by atoms with Gasteiger partial charge < -0.3 is 0 Å². The molecule has 0 saturated heterocycles. The highest BCUT2D eigenvalue weighted by Crippen LogP contribution is 2.10. The molecule has 0 aliphatic carbocycles. The maximum Gasteiger partial charge on any atom is 0.116 e. The molecule has 0 aliphatic rings. The quantitative estimate of drug-likeness (QED) is 0.613. The first-order chi connectivity index (χ1) is 6.36. The van der Waals surface area contributed by atoms with Crippen LogP contribution in [-0.4, -0.2) is 9.97 Å². The van der Waals surface area contributed by atoms with Crippen molar-refractivity contribution < 1.29 is 0 Å². The van der Waals surface area contributed by atoms with Gasteiger partial charge in [0, 0.05) is 11.6 Å². The van der Waals surface area contributed by atoms with Crippen molar-refractivity contribution >= 4 is 10.9 Å². The van der Waals surface area contributed by atoms with E-state index in [0.29, 0.717) is 0 Å². The highest BCUT2D eigenvalue weighted by Gasteiger charge is 1.91. The molecule has 2 nitrogen and oxygen atoms in total. The number of benzene rings is 1. The minimum Gasteiger partial charge on any atom is -0.244 e. The molecule has 0 unspecified atom stereocenters. The maximum absolute atomic E-state index is 4.13. The summed E-state index contributed by atoms with van der Waals surface area (Å²) in [7, 11) is 0. The molecule has 0 radical (unpaired) electrons. The van der Waals surface area contributed by atoms with Crippen LogP contribution in [0, 0.1) is 6.92 Å². The number of hydrogen-bond acceptors (Lipinski definition) is 2. The van der Waals surface area contributed by atoms with E-state index in [1.54, 1.807) is 6.33 Å². The topological polar surface area (TPSA) is 25.8 Å². The van der Waals surface area contributed by atoms with Crippen molar-refractivity contribution in [2.24, 2.45) is 0 Å². The lowest BCUT2D eigenvalue weighted by Gasteiger charge is -1.95. The molecule has 2 rings (SSSR count). The summed E-state index contributed by atoms with van der Waals surface area (Å²) in [6, 6.07) is 6.15. The zero-order valence-electron chi connectivity index (χ0n) is 8.28. The molecule has 0 aliphatic heterocycles. The predicted octanol–water partition coefficient (Wildman–Crippen LogP) is 2.96. The first-order valence-electron chi connectivity index (χ1n) is 4.52. The number of aromatic nitrogens is 2. The molecule has 0 spiro atoms. The van der Waals surface area contributed by atoms with E-state index in [2.05, 4.69) is 29.0 Å². The molecule has 13 heavy (non-hydrogen) atoms. The van der Waals surface area contributed by atoms with Crippen LogP contribution >= 0.6 is 0 Å². The van der Waals surface area contributed by atoms with Crippen molar-refractivity contribution in [2.75, 3.05) is 0 Å². The second-order valence-corrected chi connectivity index (χ2v) is 2.59. The summed E-state index contributed by atoms with van der Waals surface area (Å²) in [6.07, 6.45) is 3.39. The summed E-state index contributed by atoms with van der Waals surface area (Å²) in [4.78, 5) is 8.06. The Kier molecular flexibility index (Phi) is 3.38. The van der Waals surface area contributed by atoms with Crippen LogP contribution in [0.4, 0.5) is 0 Å². The van der Waals surface area contributed by atoms with Crippen LogP contribution in [-0.2, 0) is 0 Å². The second-order valence-electron chi connectivity index (χ2n) is 2.59. The van der Waals surface area contributed by atoms with Crippen LogP contribution in [0.2, 0.25) is 0 Å². The van der Waals surface area contributed by atoms with Crippen LogP contribution in [0.5, 0.6) is 0 Å². The van der Waals surface area contributed by atoms with Crippen molar-refractivity contribution in [2.45, 2.75) is 20.8 Å². The minimum atomic E-state index is 1.01. The highest BCUT2D eigenvalue weighted by atomic mass is 14.8. The molecular formula is C11H14N2. The van der Waals surface area contributed by atoms with Crippen LogP contribution in [0.25, 0.3) is 10.9 Å². The summed E-state index contributed by atoms with van der Waals surface area (Å²) in [5.74, 6) is 0. The average molecular weight is 174 g/mol. The Bertz CT molecular complexity index is 383. The van der Waals surface area contributed by atoms with Gasteiger partial charge in [-0.25, -0.2) is 9.97 Å². The standard InChI is InChI=1S/C9H8N2.C2H6/c1-7-2-3-8-5-10-6-11-9(8)4-7;1-2/h2-6H,1H3;1-2H3. The molecular weight excluding hydrogens is 160 g/mol. The molecule has 0 bridgehead atoms. The largest absolute Gasteiger partial charge is 0.244 e. The van der Waals surface area contributed by atoms with E-state index in [9.17, 15) is 0 Å². The van der Waals surface area contributed by atoms with Crippen molar-refractivity contribution in [3.05, 3.63) is 36.3 Å². The van der Waals surface area contributed by atoms with Gasteiger partial charge in [-0.2, -0.15) is 0 Å². The third-order valence-corrected chi connectivity index (χ3v) is 1.66. The summed E-state index contributed by atoms with van der Waals surface area (Å²) < 4.78 is 0. The van der Waals surface area contributed by atoms with Crippen molar-refractivity contribution in [1.29, 1.82) is 0 Å². The third-order valence-electron chi connectivity index (χ3n) is 1.66. The normalized spacial score (nSPS) is 9.15. The molecule has 0 fully saturated rings. The molecule has 2 heteroatoms. The van der Waals surface area contributed by atoms with E-state index in [1.807, 2.05) is 26.1 Å². The SMILES string of the molecule is CC.Cc1ccc2cncnc2c1. The van der Waals surface area contributed by atoms with Gasteiger partial charge in [-0.1, -0.05) is 26.0 Å². The molecule has 1 aromatic heterocycles. The Balaban J connectivity index is 0.000000396. The zero-order valence-corrected chi connectivity index (χ0v) is 8.28. The van der Waals surface area contributed by atoms with E-state index in [1.165, 1.54) is 5.56 Å². The number of fused-ring (bicyclic) bond motifs is 1.